The van der Waals surface area contributed by atoms with E-state index in [9.17, 15) is 8.42 Å². The number of benzene rings is 2. The average Bonchev–Trinajstić information content (AvgIpc) is 2.71. The van der Waals surface area contributed by atoms with Crippen LogP contribution in [-0.2, 0) is 22.9 Å². The lowest BCUT2D eigenvalue weighted by molar-refractivity contribution is 0.598. The van der Waals surface area contributed by atoms with Crippen LogP contribution in [0.5, 0.6) is 0 Å². The minimum Gasteiger partial charge on any atom is -0.368 e. The number of aryl methyl sites for hydroxylation is 1. The van der Waals surface area contributed by atoms with E-state index in [0.29, 0.717) is 12.2 Å². The third kappa shape index (κ3) is 6.66. The van der Waals surface area contributed by atoms with Crippen LogP contribution in [0.1, 0.15) is 17.5 Å². The Kier molecular flexibility index (Phi) is 6.97. The van der Waals surface area contributed by atoms with E-state index in [1.165, 1.54) is 5.56 Å². The summed E-state index contributed by atoms with van der Waals surface area (Å²) in [7, 11) is -3.44. The van der Waals surface area contributed by atoms with Crippen molar-refractivity contribution in [1.82, 2.24) is 10.2 Å². The first-order chi connectivity index (χ1) is 13.6. The highest BCUT2D eigenvalue weighted by Crippen LogP contribution is 2.10. The van der Waals surface area contributed by atoms with Gasteiger partial charge in [-0.15, -0.1) is 10.2 Å². The van der Waals surface area contributed by atoms with Crippen LogP contribution in [0, 0.1) is 0 Å². The summed E-state index contributed by atoms with van der Waals surface area (Å²) in [4.78, 5) is 0. The molecule has 7 heteroatoms. The van der Waals surface area contributed by atoms with Crippen molar-refractivity contribution in [1.29, 1.82) is 0 Å². The molecule has 0 aliphatic heterocycles. The first kappa shape index (κ1) is 19.8. The van der Waals surface area contributed by atoms with Crippen LogP contribution in [0.3, 0.4) is 0 Å². The highest BCUT2D eigenvalue weighted by atomic mass is 32.2. The zero-order valence-electron chi connectivity index (χ0n) is 15.6. The molecule has 1 heterocycles. The monoisotopic (exact) mass is 396 g/mol. The Balaban J connectivity index is 1.43. The minimum atomic E-state index is -3.44. The molecule has 2 N–H and O–H groups in total. The number of sulfonamides is 1. The van der Waals surface area contributed by atoms with E-state index < -0.39 is 10.0 Å². The van der Waals surface area contributed by atoms with Crippen molar-refractivity contribution in [3.8, 4) is 0 Å². The molecular weight excluding hydrogens is 372 g/mol. The fraction of sp³-hybridized carbons (Fsp3) is 0.238. The quantitative estimate of drug-likeness (QED) is 0.548. The van der Waals surface area contributed by atoms with Gasteiger partial charge in [0.25, 0.3) is 0 Å². The Morgan fingerprint density at radius 3 is 1.89 bits per heavy atom. The van der Waals surface area contributed by atoms with Crippen LogP contribution in [0.2, 0.25) is 0 Å². The molecular formula is C21H24N4O2S. The third-order valence-electron chi connectivity index (χ3n) is 4.21. The van der Waals surface area contributed by atoms with Crippen molar-refractivity contribution in [2.75, 3.05) is 22.3 Å². The van der Waals surface area contributed by atoms with Gasteiger partial charge in [0.1, 0.15) is 5.82 Å². The van der Waals surface area contributed by atoms with Crippen molar-refractivity contribution in [3.63, 3.8) is 0 Å². The van der Waals surface area contributed by atoms with E-state index in [-0.39, 0.29) is 11.6 Å². The van der Waals surface area contributed by atoms with Crippen molar-refractivity contribution in [2.45, 2.75) is 19.3 Å². The first-order valence-electron chi connectivity index (χ1n) is 9.27. The number of nitrogens with one attached hydrogen (secondary N) is 2. The topological polar surface area (TPSA) is 84.0 Å². The number of hydrogen-bond donors (Lipinski definition) is 2. The summed E-state index contributed by atoms with van der Waals surface area (Å²) in [5.74, 6) is 0.886. The summed E-state index contributed by atoms with van der Waals surface area (Å²) in [6.45, 7) is 0.725. The van der Waals surface area contributed by atoms with Gasteiger partial charge in [-0.1, -0.05) is 60.7 Å². The molecule has 0 saturated heterocycles. The van der Waals surface area contributed by atoms with E-state index in [0.717, 1.165) is 24.9 Å². The lowest BCUT2D eigenvalue weighted by Gasteiger charge is -2.08. The van der Waals surface area contributed by atoms with Crippen molar-refractivity contribution < 1.29 is 8.42 Å². The molecule has 146 valence electrons. The molecule has 3 rings (SSSR count). The molecule has 28 heavy (non-hydrogen) atoms. The summed E-state index contributed by atoms with van der Waals surface area (Å²) in [6, 6.07) is 23.3. The van der Waals surface area contributed by atoms with Crippen LogP contribution in [0.15, 0.2) is 72.8 Å². The Morgan fingerprint density at radius 2 is 1.29 bits per heavy atom. The van der Waals surface area contributed by atoms with Crippen LogP contribution in [-0.4, -0.2) is 30.9 Å². The molecule has 0 fully saturated rings. The van der Waals surface area contributed by atoms with Gasteiger partial charge in [0.05, 0.1) is 5.75 Å². The fourth-order valence-electron chi connectivity index (χ4n) is 2.78. The van der Waals surface area contributed by atoms with Gasteiger partial charge in [-0.25, -0.2) is 8.42 Å². The summed E-state index contributed by atoms with van der Waals surface area (Å²) >= 11 is 0. The molecule has 0 aliphatic rings. The van der Waals surface area contributed by atoms with Crippen molar-refractivity contribution >= 4 is 21.7 Å². The summed E-state index contributed by atoms with van der Waals surface area (Å²) in [5, 5.41) is 11.2. The van der Waals surface area contributed by atoms with Gasteiger partial charge in [0.15, 0.2) is 5.82 Å². The Morgan fingerprint density at radius 1 is 0.714 bits per heavy atom. The normalized spacial score (nSPS) is 11.1. The number of aromatic nitrogens is 2. The maximum Gasteiger partial charge on any atom is 0.233 e. The fourth-order valence-corrected chi connectivity index (χ4v) is 3.84. The van der Waals surface area contributed by atoms with Crippen molar-refractivity contribution in [3.05, 3.63) is 83.9 Å². The Labute approximate surface area is 166 Å². The number of hydrogen-bond acceptors (Lipinski definition) is 5. The SMILES string of the molecule is O=S(=O)(CCCc1ccccc1)Nc1ccc(NCCc2ccccc2)nn1. The van der Waals surface area contributed by atoms with E-state index in [4.69, 9.17) is 0 Å². The van der Waals surface area contributed by atoms with E-state index in [2.05, 4.69) is 32.4 Å². The van der Waals surface area contributed by atoms with Gasteiger partial charge in [0, 0.05) is 6.54 Å². The molecule has 0 unspecified atom stereocenters. The van der Waals surface area contributed by atoms with Gasteiger partial charge in [-0.3, -0.25) is 4.72 Å². The van der Waals surface area contributed by atoms with Crippen molar-refractivity contribution in [2.24, 2.45) is 0 Å². The average molecular weight is 397 g/mol. The molecule has 3 aromatic rings. The predicted molar refractivity (Wildman–Crippen MR) is 113 cm³/mol. The smallest absolute Gasteiger partial charge is 0.233 e. The van der Waals surface area contributed by atoms with Gasteiger partial charge in [-0.2, -0.15) is 0 Å². The molecule has 0 amide bonds. The van der Waals surface area contributed by atoms with Crippen LogP contribution in [0.25, 0.3) is 0 Å². The molecule has 2 aromatic carbocycles. The number of nitrogens with zero attached hydrogens (tertiary/aromatic N) is 2. The second-order valence-electron chi connectivity index (χ2n) is 6.48. The van der Waals surface area contributed by atoms with E-state index in [1.807, 2.05) is 48.5 Å². The zero-order chi connectivity index (χ0) is 19.7. The second-order valence-corrected chi connectivity index (χ2v) is 8.32. The molecule has 0 bridgehead atoms. The van der Waals surface area contributed by atoms with Crippen LogP contribution in [0.4, 0.5) is 11.6 Å². The van der Waals surface area contributed by atoms with E-state index in [1.54, 1.807) is 12.1 Å². The maximum atomic E-state index is 12.2. The largest absolute Gasteiger partial charge is 0.368 e. The maximum absolute atomic E-state index is 12.2. The predicted octanol–water partition coefficient (Wildman–Crippen LogP) is 3.51. The highest BCUT2D eigenvalue weighted by Gasteiger charge is 2.11. The zero-order valence-corrected chi connectivity index (χ0v) is 16.4. The lowest BCUT2D eigenvalue weighted by atomic mass is 10.1. The number of anilines is 2. The highest BCUT2D eigenvalue weighted by molar-refractivity contribution is 7.92. The second kappa shape index (κ2) is 9.85. The summed E-state index contributed by atoms with van der Waals surface area (Å²) < 4.78 is 26.9. The van der Waals surface area contributed by atoms with Gasteiger partial charge in [-0.05, 0) is 42.5 Å². The molecule has 0 aliphatic carbocycles. The van der Waals surface area contributed by atoms with Gasteiger partial charge >= 0.3 is 0 Å². The molecule has 0 saturated carbocycles. The Bertz CT molecular complexity index is 947. The third-order valence-corrected chi connectivity index (χ3v) is 5.55. The number of rotatable bonds is 10. The lowest BCUT2D eigenvalue weighted by Crippen LogP contribution is -2.18. The molecule has 0 atom stereocenters. The Hall–Kier alpha value is -2.93. The van der Waals surface area contributed by atoms with Gasteiger partial charge < -0.3 is 5.32 Å². The van der Waals surface area contributed by atoms with E-state index >= 15 is 0 Å². The summed E-state index contributed by atoms with van der Waals surface area (Å²) in [6.07, 6.45) is 2.14. The molecule has 1 aromatic heterocycles. The molecule has 0 spiro atoms. The molecule has 0 radical (unpaired) electrons. The summed E-state index contributed by atoms with van der Waals surface area (Å²) in [5.41, 5.74) is 2.37. The van der Waals surface area contributed by atoms with Gasteiger partial charge in [0.2, 0.25) is 10.0 Å². The standard InChI is InChI=1S/C21H24N4O2S/c26-28(27,17-7-12-18-8-3-1-4-9-18)25-21-14-13-20(23-24-21)22-16-15-19-10-5-2-6-11-19/h1-6,8-11,13-14H,7,12,15-17H2,(H,22,23)(H,24,25). The minimum absolute atomic E-state index is 0.0423. The molecule has 6 nitrogen and oxygen atoms in total. The first-order valence-corrected chi connectivity index (χ1v) is 10.9. The van der Waals surface area contributed by atoms with Crippen LogP contribution >= 0.6 is 0 Å². The van der Waals surface area contributed by atoms with Crippen LogP contribution < -0.4 is 10.0 Å².